The quantitative estimate of drug-likeness (QED) is 0.650. The van der Waals surface area contributed by atoms with Gasteiger partial charge in [-0.25, -0.2) is 4.79 Å². The van der Waals surface area contributed by atoms with Gasteiger partial charge in [-0.3, -0.25) is 4.79 Å². The number of hydrogen-bond acceptors (Lipinski definition) is 5. The van der Waals surface area contributed by atoms with Gasteiger partial charge in [0.25, 0.3) is 5.91 Å². The van der Waals surface area contributed by atoms with Crippen LogP contribution in [0.2, 0.25) is 0 Å². The second kappa shape index (κ2) is 8.15. The second-order valence-corrected chi connectivity index (χ2v) is 7.35. The zero-order valence-corrected chi connectivity index (χ0v) is 15.4. The van der Waals surface area contributed by atoms with E-state index >= 15 is 0 Å². The molecule has 1 amide bonds. The van der Waals surface area contributed by atoms with Crippen molar-refractivity contribution in [3.05, 3.63) is 51.4 Å². The first kappa shape index (κ1) is 18.2. The van der Waals surface area contributed by atoms with Gasteiger partial charge in [0, 0.05) is 10.4 Å². The number of carbonyl (C=O) groups is 2. The summed E-state index contributed by atoms with van der Waals surface area (Å²) >= 11 is 1.47. The van der Waals surface area contributed by atoms with E-state index in [9.17, 15) is 9.59 Å². The van der Waals surface area contributed by atoms with E-state index in [1.807, 2.05) is 6.07 Å². The predicted octanol–water partition coefficient (Wildman–Crippen LogP) is 4.12. The number of carbonyl (C=O) groups excluding carboxylic acids is 2. The molecule has 0 bridgehead atoms. The lowest BCUT2D eigenvalue weighted by atomic mass is 10.1. The highest BCUT2D eigenvalue weighted by Gasteiger charge is 2.26. The number of methoxy groups -OCH3 is 1. The Balaban J connectivity index is 1.92. The summed E-state index contributed by atoms with van der Waals surface area (Å²) in [6, 6.07) is 9.05. The van der Waals surface area contributed by atoms with Crippen LogP contribution in [-0.2, 0) is 24.0 Å². The summed E-state index contributed by atoms with van der Waals surface area (Å²) in [6.45, 7) is 0. The fourth-order valence-electron chi connectivity index (χ4n) is 3.24. The summed E-state index contributed by atoms with van der Waals surface area (Å²) in [4.78, 5) is 26.2. The summed E-state index contributed by atoms with van der Waals surface area (Å²) in [5.41, 5.74) is 2.77. The molecule has 5 nitrogen and oxygen atoms in total. The van der Waals surface area contributed by atoms with Crippen LogP contribution in [0.25, 0.3) is 0 Å². The summed E-state index contributed by atoms with van der Waals surface area (Å²) in [5.74, 6) is -0.690. The molecular formula is C20H20N2O3S. The average molecular weight is 368 g/mol. The van der Waals surface area contributed by atoms with Gasteiger partial charge in [0.1, 0.15) is 5.00 Å². The van der Waals surface area contributed by atoms with E-state index in [1.54, 1.807) is 18.2 Å². The summed E-state index contributed by atoms with van der Waals surface area (Å²) < 4.78 is 4.96. The lowest BCUT2D eigenvalue weighted by molar-refractivity contribution is 0.0601. The number of aryl methyl sites for hydroxylation is 1. The molecule has 0 unspecified atom stereocenters. The summed E-state index contributed by atoms with van der Waals surface area (Å²) in [6.07, 6.45) is 5.30. The van der Waals surface area contributed by atoms with Crippen LogP contribution >= 0.6 is 11.3 Å². The number of fused-ring (bicyclic) bond motifs is 1. The molecule has 2 aromatic rings. The number of thiophene rings is 1. The van der Waals surface area contributed by atoms with E-state index < -0.39 is 5.97 Å². The number of amides is 1. The molecule has 1 aliphatic rings. The molecule has 134 valence electrons. The molecule has 6 heteroatoms. The number of rotatable bonds is 4. The first-order chi connectivity index (χ1) is 12.6. The van der Waals surface area contributed by atoms with Gasteiger partial charge in [-0.05, 0) is 48.9 Å². The Labute approximate surface area is 156 Å². The molecule has 0 atom stereocenters. The lowest BCUT2D eigenvalue weighted by Gasteiger charge is -2.08. The first-order valence-corrected chi connectivity index (χ1v) is 9.45. The minimum Gasteiger partial charge on any atom is -0.465 e. The molecule has 1 N–H and O–H groups in total. The van der Waals surface area contributed by atoms with Gasteiger partial charge in [0.05, 0.1) is 25.2 Å². The van der Waals surface area contributed by atoms with Crippen molar-refractivity contribution < 1.29 is 14.3 Å². The SMILES string of the molecule is COC(=O)c1c(NC(=O)c2cccc(CC#N)c2)sc2c1CCCCC2. The monoisotopic (exact) mass is 368 g/mol. The van der Waals surface area contributed by atoms with E-state index in [1.165, 1.54) is 18.4 Å². The van der Waals surface area contributed by atoms with Gasteiger partial charge in [-0.1, -0.05) is 18.6 Å². The molecule has 26 heavy (non-hydrogen) atoms. The van der Waals surface area contributed by atoms with Crippen LogP contribution in [-0.4, -0.2) is 19.0 Å². The smallest absolute Gasteiger partial charge is 0.341 e. The molecule has 0 radical (unpaired) electrons. The Bertz CT molecular complexity index is 880. The van der Waals surface area contributed by atoms with Crippen LogP contribution in [0.15, 0.2) is 24.3 Å². The maximum atomic E-state index is 12.7. The zero-order chi connectivity index (χ0) is 18.5. The maximum absolute atomic E-state index is 12.7. The van der Waals surface area contributed by atoms with Gasteiger partial charge >= 0.3 is 5.97 Å². The van der Waals surface area contributed by atoms with Crippen LogP contribution in [0.4, 0.5) is 5.00 Å². The molecular weight excluding hydrogens is 348 g/mol. The van der Waals surface area contributed by atoms with Crippen molar-refractivity contribution in [3.8, 4) is 6.07 Å². The Morgan fingerprint density at radius 2 is 2.08 bits per heavy atom. The average Bonchev–Trinajstić information content (AvgIpc) is 2.82. The molecule has 0 fully saturated rings. The zero-order valence-electron chi connectivity index (χ0n) is 14.6. The molecule has 0 saturated carbocycles. The molecule has 0 spiro atoms. The number of nitrogens with one attached hydrogen (secondary N) is 1. The number of benzene rings is 1. The highest BCUT2D eigenvalue weighted by molar-refractivity contribution is 7.17. The van der Waals surface area contributed by atoms with Crippen molar-refractivity contribution in [1.82, 2.24) is 0 Å². The standard InChI is InChI=1S/C20H20N2O3S/c1-25-20(24)17-15-8-3-2-4-9-16(15)26-19(17)22-18(23)14-7-5-6-13(12-14)10-11-21/h5-7,12H,2-4,8-10H2,1H3,(H,22,23). The van der Waals surface area contributed by atoms with Crippen LogP contribution in [0.3, 0.4) is 0 Å². The topological polar surface area (TPSA) is 79.2 Å². The number of ether oxygens (including phenoxy) is 1. The van der Waals surface area contributed by atoms with Crippen molar-refractivity contribution in [3.63, 3.8) is 0 Å². The molecule has 1 heterocycles. The van der Waals surface area contributed by atoms with Crippen LogP contribution in [0.1, 0.15) is 56.0 Å². The fraction of sp³-hybridized carbons (Fsp3) is 0.350. The van der Waals surface area contributed by atoms with Crippen LogP contribution in [0, 0.1) is 11.3 Å². The van der Waals surface area contributed by atoms with E-state index in [0.717, 1.165) is 48.1 Å². The molecule has 1 aromatic carbocycles. The van der Waals surface area contributed by atoms with Crippen LogP contribution < -0.4 is 5.32 Å². The van der Waals surface area contributed by atoms with Gasteiger partial charge in [0.15, 0.2) is 0 Å². The van der Waals surface area contributed by atoms with Crippen molar-refractivity contribution in [2.75, 3.05) is 12.4 Å². The highest BCUT2D eigenvalue weighted by Crippen LogP contribution is 2.38. The van der Waals surface area contributed by atoms with E-state index in [2.05, 4.69) is 11.4 Å². The van der Waals surface area contributed by atoms with Crippen LogP contribution in [0.5, 0.6) is 0 Å². The van der Waals surface area contributed by atoms with E-state index in [0.29, 0.717) is 16.1 Å². The minimum absolute atomic E-state index is 0.252. The van der Waals surface area contributed by atoms with Gasteiger partial charge in [0.2, 0.25) is 0 Å². The van der Waals surface area contributed by atoms with Gasteiger partial charge in [-0.2, -0.15) is 5.26 Å². The molecule has 0 aliphatic heterocycles. The Kier molecular flexibility index (Phi) is 5.69. The van der Waals surface area contributed by atoms with E-state index in [-0.39, 0.29) is 12.3 Å². The Morgan fingerprint density at radius 3 is 2.85 bits per heavy atom. The molecule has 1 aliphatic carbocycles. The number of hydrogen-bond donors (Lipinski definition) is 1. The second-order valence-electron chi connectivity index (χ2n) is 6.25. The minimum atomic E-state index is -0.405. The lowest BCUT2D eigenvalue weighted by Crippen LogP contribution is -2.15. The first-order valence-electron chi connectivity index (χ1n) is 8.64. The summed E-state index contributed by atoms with van der Waals surface area (Å²) in [5, 5.41) is 12.3. The van der Waals surface area contributed by atoms with Crippen molar-refractivity contribution in [1.29, 1.82) is 5.26 Å². The third-order valence-corrected chi connectivity index (χ3v) is 5.72. The molecule has 1 aromatic heterocycles. The number of nitriles is 1. The fourth-order valence-corrected chi connectivity index (χ4v) is 4.51. The number of esters is 1. The maximum Gasteiger partial charge on any atom is 0.341 e. The van der Waals surface area contributed by atoms with Crippen molar-refractivity contribution in [2.24, 2.45) is 0 Å². The number of nitrogens with zero attached hydrogens (tertiary/aromatic N) is 1. The van der Waals surface area contributed by atoms with E-state index in [4.69, 9.17) is 10.00 Å². The third kappa shape index (κ3) is 3.78. The van der Waals surface area contributed by atoms with Gasteiger partial charge < -0.3 is 10.1 Å². The Hall–Kier alpha value is -2.65. The summed E-state index contributed by atoms with van der Waals surface area (Å²) in [7, 11) is 1.36. The Morgan fingerprint density at radius 1 is 1.27 bits per heavy atom. The third-order valence-electron chi connectivity index (χ3n) is 4.51. The predicted molar refractivity (Wildman–Crippen MR) is 101 cm³/mol. The number of anilines is 1. The van der Waals surface area contributed by atoms with Crippen molar-refractivity contribution in [2.45, 2.75) is 38.5 Å². The van der Waals surface area contributed by atoms with Gasteiger partial charge in [-0.15, -0.1) is 11.3 Å². The molecule has 3 rings (SSSR count). The normalized spacial score (nSPS) is 13.2. The highest BCUT2D eigenvalue weighted by atomic mass is 32.1. The van der Waals surface area contributed by atoms with Crippen molar-refractivity contribution >= 4 is 28.2 Å². The molecule has 0 saturated heterocycles. The largest absolute Gasteiger partial charge is 0.465 e.